The van der Waals surface area contributed by atoms with Crippen LogP contribution in [0.5, 0.6) is 11.5 Å². The first-order valence-electron chi connectivity index (χ1n) is 7.15. The average molecular weight is 263 g/mol. The molecule has 2 rings (SSSR count). The van der Waals surface area contributed by atoms with E-state index in [1.54, 1.807) is 14.2 Å². The van der Waals surface area contributed by atoms with Gasteiger partial charge in [0.25, 0.3) is 0 Å². The molecule has 1 atom stereocenters. The van der Waals surface area contributed by atoms with Crippen LogP contribution in [0.1, 0.15) is 38.2 Å². The Hall–Kier alpha value is -1.38. The first-order valence-corrected chi connectivity index (χ1v) is 7.15. The van der Waals surface area contributed by atoms with E-state index >= 15 is 0 Å². The number of ether oxygens (including phenoxy) is 2. The molecule has 1 saturated carbocycles. The van der Waals surface area contributed by atoms with E-state index in [1.165, 1.54) is 31.2 Å². The van der Waals surface area contributed by atoms with Gasteiger partial charge in [0.15, 0.2) is 11.5 Å². The van der Waals surface area contributed by atoms with Gasteiger partial charge in [-0.1, -0.05) is 12.8 Å². The third-order valence-electron chi connectivity index (χ3n) is 4.22. The fourth-order valence-electron chi connectivity index (χ4n) is 2.96. The first kappa shape index (κ1) is 14.0. The molecule has 1 aliphatic rings. The minimum Gasteiger partial charge on any atom is -0.493 e. The summed E-state index contributed by atoms with van der Waals surface area (Å²) in [5, 5.41) is 3.64. The molecule has 0 heterocycles. The van der Waals surface area contributed by atoms with Crippen molar-refractivity contribution in [1.82, 2.24) is 0 Å². The van der Waals surface area contributed by atoms with Gasteiger partial charge in [0.05, 0.1) is 14.2 Å². The van der Waals surface area contributed by atoms with Crippen molar-refractivity contribution in [3.8, 4) is 11.5 Å². The van der Waals surface area contributed by atoms with Crippen molar-refractivity contribution in [2.24, 2.45) is 5.92 Å². The molecule has 19 heavy (non-hydrogen) atoms. The summed E-state index contributed by atoms with van der Waals surface area (Å²) >= 11 is 0. The molecule has 1 aliphatic carbocycles. The number of hydrogen-bond acceptors (Lipinski definition) is 3. The maximum absolute atomic E-state index is 5.37. The quantitative estimate of drug-likeness (QED) is 0.871. The topological polar surface area (TPSA) is 30.5 Å². The fraction of sp³-hybridized carbons (Fsp3) is 0.625. The maximum Gasteiger partial charge on any atom is 0.162 e. The van der Waals surface area contributed by atoms with E-state index in [2.05, 4.69) is 19.2 Å². The lowest BCUT2D eigenvalue weighted by atomic mass is 9.99. The number of nitrogens with one attached hydrogen (secondary N) is 1. The molecule has 0 aromatic heterocycles. The number of aryl methyl sites for hydroxylation is 1. The monoisotopic (exact) mass is 263 g/mol. The van der Waals surface area contributed by atoms with Gasteiger partial charge in [0.1, 0.15) is 0 Å². The summed E-state index contributed by atoms with van der Waals surface area (Å²) in [5.41, 5.74) is 2.35. The number of methoxy groups -OCH3 is 2. The fourth-order valence-corrected chi connectivity index (χ4v) is 2.96. The Balaban J connectivity index is 2.14. The van der Waals surface area contributed by atoms with Crippen LogP contribution in [0.3, 0.4) is 0 Å². The summed E-state index contributed by atoms with van der Waals surface area (Å²) < 4.78 is 10.7. The summed E-state index contributed by atoms with van der Waals surface area (Å²) in [6.45, 7) is 4.39. The molecular weight excluding hydrogens is 238 g/mol. The van der Waals surface area contributed by atoms with E-state index < -0.39 is 0 Å². The highest BCUT2D eigenvalue weighted by atomic mass is 16.5. The van der Waals surface area contributed by atoms with Gasteiger partial charge in [-0.15, -0.1) is 0 Å². The average Bonchev–Trinajstić information content (AvgIpc) is 2.94. The zero-order valence-electron chi connectivity index (χ0n) is 12.5. The Morgan fingerprint density at radius 1 is 1.11 bits per heavy atom. The Labute approximate surface area is 116 Å². The second-order valence-corrected chi connectivity index (χ2v) is 5.50. The molecule has 1 N–H and O–H groups in total. The van der Waals surface area contributed by atoms with Crippen molar-refractivity contribution in [2.45, 2.75) is 45.6 Å². The molecule has 0 aliphatic heterocycles. The van der Waals surface area contributed by atoms with Gasteiger partial charge >= 0.3 is 0 Å². The van der Waals surface area contributed by atoms with Crippen LogP contribution >= 0.6 is 0 Å². The molecule has 1 aromatic carbocycles. The standard InChI is InChI=1S/C16H25NO2/c1-11-9-15(18-3)16(19-4)10-14(11)17-12(2)13-7-5-6-8-13/h9-10,12-13,17H,5-8H2,1-4H3. The van der Waals surface area contributed by atoms with Gasteiger partial charge < -0.3 is 14.8 Å². The van der Waals surface area contributed by atoms with E-state index in [-0.39, 0.29) is 0 Å². The third kappa shape index (κ3) is 3.14. The number of benzene rings is 1. The lowest BCUT2D eigenvalue weighted by molar-refractivity contribution is 0.355. The van der Waals surface area contributed by atoms with Crippen molar-refractivity contribution in [1.29, 1.82) is 0 Å². The molecular formula is C16H25NO2. The predicted octanol–water partition coefficient (Wildman–Crippen LogP) is 4.00. The summed E-state index contributed by atoms with van der Waals surface area (Å²) in [4.78, 5) is 0. The predicted molar refractivity (Wildman–Crippen MR) is 79.3 cm³/mol. The smallest absolute Gasteiger partial charge is 0.162 e. The molecule has 1 unspecified atom stereocenters. The van der Waals surface area contributed by atoms with E-state index in [4.69, 9.17) is 9.47 Å². The Kier molecular flexibility index (Phi) is 4.56. The van der Waals surface area contributed by atoms with Gasteiger partial charge in [-0.2, -0.15) is 0 Å². The zero-order valence-corrected chi connectivity index (χ0v) is 12.5. The Morgan fingerprint density at radius 2 is 1.68 bits per heavy atom. The maximum atomic E-state index is 5.37. The molecule has 0 radical (unpaired) electrons. The van der Waals surface area contributed by atoms with Crippen LogP contribution < -0.4 is 14.8 Å². The highest BCUT2D eigenvalue weighted by Crippen LogP contribution is 2.35. The van der Waals surface area contributed by atoms with Crippen molar-refractivity contribution in [3.05, 3.63) is 17.7 Å². The molecule has 0 amide bonds. The van der Waals surface area contributed by atoms with Crippen LogP contribution in [0.25, 0.3) is 0 Å². The van der Waals surface area contributed by atoms with E-state index in [0.29, 0.717) is 6.04 Å². The molecule has 106 valence electrons. The second-order valence-electron chi connectivity index (χ2n) is 5.50. The van der Waals surface area contributed by atoms with Gasteiger partial charge in [-0.25, -0.2) is 0 Å². The van der Waals surface area contributed by atoms with Crippen LogP contribution in [0.4, 0.5) is 5.69 Å². The SMILES string of the molecule is COc1cc(C)c(NC(C)C2CCCC2)cc1OC. The van der Waals surface area contributed by atoms with Crippen molar-refractivity contribution in [2.75, 3.05) is 19.5 Å². The second kappa shape index (κ2) is 6.18. The number of hydrogen-bond donors (Lipinski definition) is 1. The van der Waals surface area contributed by atoms with E-state index in [1.807, 2.05) is 12.1 Å². The minimum absolute atomic E-state index is 0.513. The van der Waals surface area contributed by atoms with Gasteiger partial charge in [-0.3, -0.25) is 0 Å². The molecule has 3 heteroatoms. The lowest BCUT2D eigenvalue weighted by Gasteiger charge is -2.23. The van der Waals surface area contributed by atoms with Crippen LogP contribution in [0.2, 0.25) is 0 Å². The zero-order chi connectivity index (χ0) is 13.8. The molecule has 0 saturated heterocycles. The van der Waals surface area contributed by atoms with Crippen molar-refractivity contribution in [3.63, 3.8) is 0 Å². The lowest BCUT2D eigenvalue weighted by Crippen LogP contribution is -2.24. The van der Waals surface area contributed by atoms with Crippen LogP contribution in [0.15, 0.2) is 12.1 Å². The molecule has 0 spiro atoms. The normalized spacial score (nSPS) is 17.3. The highest BCUT2D eigenvalue weighted by Gasteiger charge is 2.22. The van der Waals surface area contributed by atoms with Crippen molar-refractivity contribution >= 4 is 5.69 Å². The molecule has 1 fully saturated rings. The first-order chi connectivity index (χ1) is 9.15. The molecule has 0 bridgehead atoms. The van der Waals surface area contributed by atoms with Gasteiger partial charge in [0.2, 0.25) is 0 Å². The van der Waals surface area contributed by atoms with E-state index in [9.17, 15) is 0 Å². The van der Waals surface area contributed by atoms with Crippen LogP contribution in [-0.4, -0.2) is 20.3 Å². The van der Waals surface area contributed by atoms with Crippen LogP contribution in [0, 0.1) is 12.8 Å². The van der Waals surface area contributed by atoms with Gasteiger partial charge in [-0.05, 0) is 44.2 Å². The van der Waals surface area contributed by atoms with Crippen LogP contribution in [-0.2, 0) is 0 Å². The summed E-state index contributed by atoms with van der Waals surface area (Å²) in [5.74, 6) is 2.38. The Bertz CT molecular complexity index is 425. The highest BCUT2D eigenvalue weighted by molar-refractivity contribution is 5.60. The molecule has 1 aromatic rings. The number of rotatable bonds is 5. The van der Waals surface area contributed by atoms with E-state index in [0.717, 1.165) is 23.1 Å². The number of anilines is 1. The summed E-state index contributed by atoms with van der Waals surface area (Å²) in [6, 6.07) is 4.58. The van der Waals surface area contributed by atoms with Gasteiger partial charge in [0, 0.05) is 17.8 Å². The largest absolute Gasteiger partial charge is 0.493 e. The molecule has 3 nitrogen and oxygen atoms in total. The van der Waals surface area contributed by atoms with Crippen molar-refractivity contribution < 1.29 is 9.47 Å². The Morgan fingerprint density at radius 3 is 2.26 bits per heavy atom. The minimum atomic E-state index is 0.513. The summed E-state index contributed by atoms with van der Waals surface area (Å²) in [6.07, 6.45) is 5.45. The third-order valence-corrected chi connectivity index (χ3v) is 4.22. The summed E-state index contributed by atoms with van der Waals surface area (Å²) in [7, 11) is 3.35.